The average Bonchev–Trinajstić information content (AvgIpc) is 2.91. The maximum Gasteiger partial charge on any atom is 0.127 e. The second kappa shape index (κ2) is 12.9. The van der Waals surface area contributed by atoms with Crippen LogP contribution in [0.3, 0.4) is 0 Å². The third kappa shape index (κ3) is 6.92. The van der Waals surface area contributed by atoms with E-state index in [1.165, 1.54) is 11.1 Å². The zero-order chi connectivity index (χ0) is 28.0. The molecule has 0 aliphatic heterocycles. The van der Waals surface area contributed by atoms with Crippen LogP contribution in [0.15, 0.2) is 58.5 Å². The molecule has 0 saturated heterocycles. The topological polar surface area (TPSA) is 65.2 Å². The molecule has 0 spiro atoms. The fourth-order valence-electron chi connectivity index (χ4n) is 4.44. The monoisotopic (exact) mass is 512 g/mol. The van der Waals surface area contributed by atoms with Gasteiger partial charge >= 0.3 is 0 Å². The SMILES string of the molecule is CCC(C)c1cc(C=Nc2ccc(N=Cc3cc(C(C)CC)cc(C(C)C)c3O)cc2)c(O)c(C(C)C)c1. The Morgan fingerprint density at radius 3 is 1.24 bits per heavy atom. The van der Waals surface area contributed by atoms with Crippen LogP contribution >= 0.6 is 0 Å². The van der Waals surface area contributed by atoms with Crippen LogP contribution in [-0.2, 0) is 0 Å². The van der Waals surface area contributed by atoms with E-state index >= 15 is 0 Å². The van der Waals surface area contributed by atoms with Gasteiger partial charge in [-0.15, -0.1) is 0 Å². The second-order valence-corrected chi connectivity index (χ2v) is 11.1. The number of benzene rings is 3. The molecule has 2 N–H and O–H groups in total. The van der Waals surface area contributed by atoms with Gasteiger partial charge in [0.15, 0.2) is 0 Å². The first kappa shape index (κ1) is 29.2. The zero-order valence-corrected chi connectivity index (χ0v) is 24.3. The lowest BCUT2D eigenvalue weighted by molar-refractivity contribution is 0.462. The quantitative estimate of drug-likeness (QED) is 0.265. The highest BCUT2D eigenvalue weighted by Crippen LogP contribution is 2.35. The van der Waals surface area contributed by atoms with Gasteiger partial charge in [0.1, 0.15) is 11.5 Å². The van der Waals surface area contributed by atoms with Gasteiger partial charge in [-0.1, -0.05) is 67.5 Å². The van der Waals surface area contributed by atoms with Crippen LogP contribution in [-0.4, -0.2) is 22.6 Å². The van der Waals surface area contributed by atoms with Gasteiger partial charge in [-0.25, -0.2) is 0 Å². The lowest BCUT2D eigenvalue weighted by Crippen LogP contribution is -1.99. The van der Waals surface area contributed by atoms with Gasteiger partial charge in [0.2, 0.25) is 0 Å². The van der Waals surface area contributed by atoms with Crippen molar-refractivity contribution in [1.29, 1.82) is 0 Å². The van der Waals surface area contributed by atoms with Crippen molar-refractivity contribution < 1.29 is 10.2 Å². The summed E-state index contributed by atoms with van der Waals surface area (Å²) in [4.78, 5) is 9.26. The summed E-state index contributed by atoms with van der Waals surface area (Å²) in [5.41, 5.74) is 7.41. The van der Waals surface area contributed by atoms with Gasteiger partial charge in [-0.2, -0.15) is 0 Å². The molecule has 0 heterocycles. The van der Waals surface area contributed by atoms with Gasteiger partial charge in [0.05, 0.1) is 11.4 Å². The molecule has 3 rings (SSSR count). The summed E-state index contributed by atoms with van der Waals surface area (Å²) in [7, 11) is 0. The predicted octanol–water partition coefficient (Wildman–Crippen LogP) is 9.87. The summed E-state index contributed by atoms with van der Waals surface area (Å²) >= 11 is 0. The van der Waals surface area contributed by atoms with Crippen molar-refractivity contribution in [2.24, 2.45) is 9.98 Å². The van der Waals surface area contributed by atoms with Crippen molar-refractivity contribution >= 4 is 23.8 Å². The molecule has 4 heteroatoms. The molecular weight excluding hydrogens is 468 g/mol. The standard InChI is InChI=1S/C34H44N2O2/c1-9-23(7)25-15-27(33(37)31(17-25)21(3)4)19-35-29-11-13-30(14-12-29)36-20-28-16-26(24(8)10-2)18-32(22(5)6)34(28)38/h11-24,37-38H,9-10H2,1-8H3. The highest BCUT2D eigenvalue weighted by Gasteiger charge is 2.16. The average molecular weight is 513 g/mol. The number of rotatable bonds is 10. The molecule has 0 amide bonds. The minimum atomic E-state index is 0.227. The molecule has 0 aromatic heterocycles. The summed E-state index contributed by atoms with van der Waals surface area (Å²) in [5, 5.41) is 21.7. The third-order valence-electron chi connectivity index (χ3n) is 7.54. The van der Waals surface area contributed by atoms with Crippen molar-refractivity contribution in [3.05, 3.63) is 81.9 Å². The normalized spacial score (nSPS) is 13.7. The van der Waals surface area contributed by atoms with Crippen LogP contribution in [0, 0.1) is 0 Å². The van der Waals surface area contributed by atoms with E-state index in [0.717, 1.165) is 46.5 Å². The van der Waals surface area contributed by atoms with Gasteiger partial charge in [0.25, 0.3) is 0 Å². The minimum absolute atomic E-state index is 0.227. The first-order valence-corrected chi connectivity index (χ1v) is 14.0. The molecular formula is C34H44N2O2. The molecule has 0 radical (unpaired) electrons. The van der Waals surface area contributed by atoms with Gasteiger partial charge in [-0.3, -0.25) is 9.98 Å². The Morgan fingerprint density at radius 1 is 0.605 bits per heavy atom. The van der Waals surface area contributed by atoms with E-state index < -0.39 is 0 Å². The van der Waals surface area contributed by atoms with E-state index in [1.54, 1.807) is 12.4 Å². The van der Waals surface area contributed by atoms with E-state index in [4.69, 9.17) is 0 Å². The number of aliphatic imine (C=N–C) groups is 2. The van der Waals surface area contributed by atoms with Crippen LogP contribution in [0.25, 0.3) is 0 Å². The van der Waals surface area contributed by atoms with Crippen LogP contribution in [0.2, 0.25) is 0 Å². The lowest BCUT2D eigenvalue weighted by Gasteiger charge is -2.17. The van der Waals surface area contributed by atoms with Crippen LogP contribution in [0.4, 0.5) is 11.4 Å². The van der Waals surface area contributed by atoms with Crippen molar-refractivity contribution in [3.63, 3.8) is 0 Å². The van der Waals surface area contributed by atoms with Crippen molar-refractivity contribution in [3.8, 4) is 11.5 Å². The van der Waals surface area contributed by atoms with E-state index in [2.05, 4.69) is 77.5 Å². The van der Waals surface area contributed by atoms with Crippen LogP contribution in [0.1, 0.15) is 125 Å². The maximum atomic E-state index is 10.9. The Labute approximate surface area is 229 Å². The van der Waals surface area contributed by atoms with Gasteiger partial charge in [-0.05, 0) is 95.2 Å². The number of hydrogen-bond acceptors (Lipinski definition) is 4. The summed E-state index contributed by atoms with van der Waals surface area (Å²) in [5.74, 6) is 1.89. The first-order valence-electron chi connectivity index (χ1n) is 14.0. The van der Waals surface area contributed by atoms with Crippen LogP contribution < -0.4 is 0 Å². The Kier molecular flexibility index (Phi) is 9.90. The zero-order valence-electron chi connectivity index (χ0n) is 24.3. The molecule has 0 bridgehead atoms. The third-order valence-corrected chi connectivity index (χ3v) is 7.54. The Morgan fingerprint density at radius 2 is 0.947 bits per heavy atom. The van der Waals surface area contributed by atoms with Crippen molar-refractivity contribution in [2.45, 2.75) is 91.9 Å². The highest BCUT2D eigenvalue weighted by atomic mass is 16.3. The van der Waals surface area contributed by atoms with Crippen molar-refractivity contribution in [2.75, 3.05) is 0 Å². The molecule has 202 valence electrons. The summed E-state index contributed by atoms with van der Waals surface area (Å²) < 4.78 is 0. The number of nitrogens with zero attached hydrogens (tertiary/aromatic N) is 2. The second-order valence-electron chi connectivity index (χ2n) is 11.1. The Bertz CT molecular complexity index is 1190. The number of hydrogen-bond donors (Lipinski definition) is 2. The first-order chi connectivity index (χ1) is 18.0. The molecule has 2 unspecified atom stereocenters. The smallest absolute Gasteiger partial charge is 0.127 e. The van der Waals surface area contributed by atoms with Crippen molar-refractivity contribution in [1.82, 2.24) is 0 Å². The molecule has 3 aromatic carbocycles. The van der Waals surface area contributed by atoms with E-state index in [1.807, 2.05) is 36.4 Å². The minimum Gasteiger partial charge on any atom is -0.507 e. The lowest BCUT2D eigenvalue weighted by atomic mass is 9.90. The summed E-state index contributed by atoms with van der Waals surface area (Å²) in [6.45, 7) is 17.2. The van der Waals surface area contributed by atoms with Gasteiger partial charge in [0, 0.05) is 23.6 Å². The molecule has 3 aromatic rings. The molecule has 0 fully saturated rings. The number of phenolic OH excluding ortho intramolecular Hbond substituents is 2. The summed E-state index contributed by atoms with van der Waals surface area (Å²) in [6.07, 6.45) is 5.58. The fourth-order valence-corrected chi connectivity index (χ4v) is 4.44. The predicted molar refractivity (Wildman–Crippen MR) is 163 cm³/mol. The molecule has 38 heavy (non-hydrogen) atoms. The fraction of sp³-hybridized carbons (Fsp3) is 0.412. The van der Waals surface area contributed by atoms with Gasteiger partial charge < -0.3 is 10.2 Å². The molecule has 2 atom stereocenters. The van der Waals surface area contributed by atoms with E-state index in [9.17, 15) is 10.2 Å². The Hall–Kier alpha value is -3.40. The molecule has 4 nitrogen and oxygen atoms in total. The largest absolute Gasteiger partial charge is 0.507 e. The Balaban J connectivity index is 1.86. The maximum absolute atomic E-state index is 10.9. The molecule has 0 aliphatic carbocycles. The van der Waals surface area contributed by atoms with E-state index in [0.29, 0.717) is 23.3 Å². The molecule has 0 aliphatic rings. The molecule has 0 saturated carbocycles. The van der Waals surface area contributed by atoms with Crippen LogP contribution in [0.5, 0.6) is 11.5 Å². The number of phenols is 2. The summed E-state index contributed by atoms with van der Waals surface area (Å²) in [6, 6.07) is 16.0. The highest BCUT2D eigenvalue weighted by molar-refractivity contribution is 5.88. The number of aromatic hydroxyl groups is 2. The van der Waals surface area contributed by atoms with E-state index in [-0.39, 0.29) is 11.8 Å².